The van der Waals surface area contributed by atoms with Gasteiger partial charge in [-0.3, -0.25) is 14.5 Å². The van der Waals surface area contributed by atoms with Gasteiger partial charge in [-0.05, 0) is 47.7 Å². The van der Waals surface area contributed by atoms with E-state index in [0.29, 0.717) is 16.6 Å². The molecule has 0 radical (unpaired) electrons. The highest BCUT2D eigenvalue weighted by Gasteiger charge is 2.25. The van der Waals surface area contributed by atoms with E-state index in [9.17, 15) is 4.79 Å². The van der Waals surface area contributed by atoms with Crippen LogP contribution in [0.15, 0.2) is 101 Å². The molecule has 3 heterocycles. The fraction of sp³-hybridized carbons (Fsp3) is 0.0400. The zero-order chi connectivity index (χ0) is 21.8. The first-order valence-corrected chi connectivity index (χ1v) is 10.9. The Balaban J connectivity index is 1.48. The van der Waals surface area contributed by atoms with Crippen LogP contribution in [0.4, 0.5) is 5.69 Å². The van der Waals surface area contributed by atoms with Gasteiger partial charge in [0.2, 0.25) is 0 Å². The van der Waals surface area contributed by atoms with Gasteiger partial charge in [-0.1, -0.05) is 48.5 Å². The molecule has 2 aromatic carbocycles. The highest BCUT2D eigenvalue weighted by Crippen LogP contribution is 2.31. The highest BCUT2D eigenvalue weighted by atomic mass is 32.2. The minimum atomic E-state index is -0.169. The Kier molecular flexibility index (Phi) is 5.63. The van der Waals surface area contributed by atoms with Gasteiger partial charge >= 0.3 is 0 Å². The lowest BCUT2D eigenvalue weighted by Gasteiger charge is -2.01. The molecule has 0 spiro atoms. The third kappa shape index (κ3) is 4.53. The second-order valence-corrected chi connectivity index (χ2v) is 8.21. The lowest BCUT2D eigenvalue weighted by molar-refractivity contribution is -0.115. The third-order valence-electron chi connectivity index (χ3n) is 4.84. The summed E-state index contributed by atoms with van der Waals surface area (Å²) in [6.45, 7) is 0.636. The summed E-state index contributed by atoms with van der Waals surface area (Å²) in [5.74, 6) is -0.169. The van der Waals surface area contributed by atoms with Gasteiger partial charge in [-0.25, -0.2) is 4.99 Å². The number of hydrogen-bond acceptors (Lipinski definition) is 5. The molecule has 5 rings (SSSR count). The van der Waals surface area contributed by atoms with Crippen molar-refractivity contribution in [2.24, 2.45) is 4.99 Å². The van der Waals surface area contributed by atoms with Crippen LogP contribution < -0.4 is 5.32 Å². The Hall–Kier alpha value is -3.97. The van der Waals surface area contributed by atoms with Gasteiger partial charge in [0.25, 0.3) is 5.91 Å². The van der Waals surface area contributed by atoms with E-state index in [2.05, 4.69) is 27.4 Å². The first-order valence-electron chi connectivity index (χ1n) is 10.1. The van der Waals surface area contributed by atoms with Crippen LogP contribution in [0.5, 0.6) is 0 Å². The second-order valence-electron chi connectivity index (χ2n) is 7.18. The van der Waals surface area contributed by atoms with Crippen molar-refractivity contribution in [2.45, 2.75) is 6.54 Å². The predicted molar refractivity (Wildman–Crippen MR) is 128 cm³/mol. The monoisotopic (exact) mass is 437 g/mol. The summed E-state index contributed by atoms with van der Waals surface area (Å²) in [6, 6.07) is 23.6. The van der Waals surface area contributed by atoms with E-state index in [1.165, 1.54) is 11.8 Å². The fourth-order valence-corrected chi connectivity index (χ4v) is 4.20. The minimum absolute atomic E-state index is 0.169. The van der Waals surface area contributed by atoms with Crippen LogP contribution in [0.2, 0.25) is 0 Å². The van der Waals surface area contributed by atoms with Gasteiger partial charge in [-0.2, -0.15) is 5.10 Å². The van der Waals surface area contributed by atoms with E-state index in [-0.39, 0.29) is 5.91 Å². The average molecular weight is 438 g/mol. The van der Waals surface area contributed by atoms with Crippen molar-refractivity contribution in [3.63, 3.8) is 0 Å². The van der Waals surface area contributed by atoms with E-state index >= 15 is 0 Å². The molecule has 0 bridgehead atoms. The van der Waals surface area contributed by atoms with Crippen LogP contribution in [0.25, 0.3) is 17.3 Å². The number of nitrogens with zero attached hydrogens (tertiary/aromatic N) is 4. The molecule has 2 aromatic heterocycles. The smallest absolute Gasteiger partial charge is 0.264 e. The molecule has 7 heteroatoms. The van der Waals surface area contributed by atoms with Gasteiger partial charge < -0.3 is 5.32 Å². The van der Waals surface area contributed by atoms with E-state index in [0.717, 1.165) is 28.1 Å². The number of thioether (sulfide) groups is 1. The Morgan fingerprint density at radius 2 is 1.78 bits per heavy atom. The van der Waals surface area contributed by atoms with Crippen LogP contribution in [-0.4, -0.2) is 25.8 Å². The van der Waals surface area contributed by atoms with E-state index < -0.39 is 0 Å². The molecular formula is C25H19N5OS. The van der Waals surface area contributed by atoms with E-state index in [1.807, 2.05) is 77.6 Å². The molecule has 1 N–H and O–H groups in total. The highest BCUT2D eigenvalue weighted by molar-refractivity contribution is 8.18. The number of carbonyl (C=O) groups excluding carboxylic acids is 1. The molecular weight excluding hydrogens is 418 g/mol. The van der Waals surface area contributed by atoms with Crippen molar-refractivity contribution >= 4 is 34.6 Å². The molecule has 1 fully saturated rings. The topological polar surface area (TPSA) is 72.2 Å². The molecule has 0 aliphatic carbocycles. The van der Waals surface area contributed by atoms with Crippen molar-refractivity contribution in [1.82, 2.24) is 20.1 Å². The molecule has 0 saturated carbocycles. The van der Waals surface area contributed by atoms with Crippen molar-refractivity contribution in [3.05, 3.63) is 107 Å². The summed E-state index contributed by atoms with van der Waals surface area (Å²) in [6.07, 6.45) is 7.34. The first-order chi connectivity index (χ1) is 15.7. The normalized spacial score (nSPS) is 15.9. The zero-order valence-corrected chi connectivity index (χ0v) is 17.9. The Morgan fingerprint density at radius 1 is 1.00 bits per heavy atom. The third-order valence-corrected chi connectivity index (χ3v) is 5.75. The summed E-state index contributed by atoms with van der Waals surface area (Å²) in [7, 11) is 0. The van der Waals surface area contributed by atoms with Gasteiger partial charge in [0, 0.05) is 29.7 Å². The standard InChI is InChI=1S/C25H19N5OS/c31-24-22(32-25(28-24)27-21-11-5-2-6-12-21)14-20-17-30(16-18-8-3-1-4-9-18)29-23(20)19-10-7-13-26-15-19/h1-15,17H,16H2,(H,27,28,31)/b22-14-. The van der Waals surface area contributed by atoms with Crippen LogP contribution in [0.3, 0.4) is 0 Å². The number of benzene rings is 2. The number of pyridine rings is 1. The van der Waals surface area contributed by atoms with Crippen LogP contribution in [0, 0.1) is 0 Å². The molecule has 32 heavy (non-hydrogen) atoms. The minimum Gasteiger partial charge on any atom is -0.300 e. The van der Waals surface area contributed by atoms with Crippen LogP contribution in [-0.2, 0) is 11.3 Å². The maximum Gasteiger partial charge on any atom is 0.264 e. The number of amides is 1. The first kappa shape index (κ1) is 20.0. The summed E-state index contributed by atoms with van der Waals surface area (Å²) in [5.41, 5.74) is 4.48. The molecule has 1 amide bonds. The Bertz CT molecular complexity index is 1300. The predicted octanol–water partition coefficient (Wildman–Crippen LogP) is 4.89. The number of nitrogens with one attached hydrogen (secondary N) is 1. The maximum atomic E-state index is 12.6. The molecule has 1 aliphatic rings. The zero-order valence-electron chi connectivity index (χ0n) is 17.1. The number of aromatic nitrogens is 3. The summed E-state index contributed by atoms with van der Waals surface area (Å²) < 4.78 is 1.89. The SMILES string of the molecule is O=C1NC(=Nc2ccccc2)S/C1=C\c1cn(Cc2ccccc2)nc1-c1cccnc1. The van der Waals surface area contributed by atoms with Crippen molar-refractivity contribution in [2.75, 3.05) is 0 Å². The maximum absolute atomic E-state index is 12.6. The molecule has 1 aliphatic heterocycles. The Labute approximate surface area is 189 Å². The summed E-state index contributed by atoms with van der Waals surface area (Å²) in [5, 5.41) is 8.20. The van der Waals surface area contributed by atoms with E-state index in [1.54, 1.807) is 12.4 Å². The van der Waals surface area contributed by atoms with Crippen molar-refractivity contribution in [3.8, 4) is 11.3 Å². The van der Waals surface area contributed by atoms with Crippen LogP contribution in [0.1, 0.15) is 11.1 Å². The summed E-state index contributed by atoms with van der Waals surface area (Å²) >= 11 is 1.32. The molecule has 4 aromatic rings. The van der Waals surface area contributed by atoms with Gasteiger partial charge in [0.1, 0.15) is 5.69 Å². The number of para-hydroxylation sites is 1. The fourth-order valence-electron chi connectivity index (χ4n) is 3.36. The lowest BCUT2D eigenvalue weighted by atomic mass is 10.1. The van der Waals surface area contributed by atoms with Gasteiger partial charge in [0.15, 0.2) is 5.17 Å². The quantitative estimate of drug-likeness (QED) is 0.452. The lowest BCUT2D eigenvalue weighted by Crippen LogP contribution is -2.19. The molecule has 0 unspecified atom stereocenters. The van der Waals surface area contributed by atoms with Crippen molar-refractivity contribution < 1.29 is 4.79 Å². The number of carbonyl (C=O) groups is 1. The second kappa shape index (κ2) is 9.03. The molecule has 0 atom stereocenters. The molecule has 6 nitrogen and oxygen atoms in total. The number of amidine groups is 1. The number of rotatable bonds is 5. The van der Waals surface area contributed by atoms with Crippen molar-refractivity contribution in [1.29, 1.82) is 0 Å². The molecule has 1 saturated heterocycles. The summed E-state index contributed by atoms with van der Waals surface area (Å²) in [4.78, 5) is 21.9. The Morgan fingerprint density at radius 3 is 2.53 bits per heavy atom. The number of hydrogen-bond donors (Lipinski definition) is 1. The van der Waals surface area contributed by atoms with E-state index in [4.69, 9.17) is 5.10 Å². The molecule has 156 valence electrons. The van der Waals surface area contributed by atoms with Gasteiger partial charge in [-0.15, -0.1) is 0 Å². The van der Waals surface area contributed by atoms with Gasteiger partial charge in [0.05, 0.1) is 17.1 Å². The largest absolute Gasteiger partial charge is 0.300 e. The van der Waals surface area contributed by atoms with Crippen LogP contribution >= 0.6 is 11.8 Å². The average Bonchev–Trinajstić information content (AvgIpc) is 3.38. The number of aliphatic imine (C=N–C) groups is 1.